The highest BCUT2D eigenvalue weighted by atomic mass is 14.2. The van der Waals surface area contributed by atoms with Crippen LogP contribution in [0.2, 0.25) is 0 Å². The zero-order valence-electron chi connectivity index (χ0n) is 16.3. The predicted octanol–water partition coefficient (Wildman–Crippen LogP) is 7.63. The van der Waals surface area contributed by atoms with Gasteiger partial charge in [0.1, 0.15) is 0 Å². The van der Waals surface area contributed by atoms with E-state index < -0.39 is 0 Å². The number of allylic oxidation sites excluding steroid dienone is 8. The number of benzene rings is 3. The molecule has 3 aliphatic rings. The van der Waals surface area contributed by atoms with Crippen LogP contribution in [0.1, 0.15) is 36.8 Å². The molecule has 0 amide bonds. The Kier molecular flexibility index (Phi) is 4.71. The second-order valence-corrected chi connectivity index (χ2v) is 7.94. The van der Waals surface area contributed by atoms with Crippen molar-refractivity contribution >= 4 is 21.5 Å². The number of rotatable bonds is 1. The van der Waals surface area contributed by atoms with Crippen LogP contribution in [0.3, 0.4) is 0 Å². The van der Waals surface area contributed by atoms with Gasteiger partial charge in [-0.3, -0.25) is 0 Å². The Hall–Kier alpha value is -2.86. The average Bonchev–Trinajstić information content (AvgIpc) is 3.47. The molecule has 0 saturated heterocycles. The molecule has 0 radical (unpaired) electrons. The normalized spacial score (nSPS) is 17.3. The summed E-state index contributed by atoms with van der Waals surface area (Å²) >= 11 is 0. The Morgan fingerprint density at radius 1 is 0.571 bits per heavy atom. The van der Waals surface area contributed by atoms with Crippen molar-refractivity contribution in [3.8, 4) is 0 Å². The Balaban J connectivity index is 0.000000145. The Morgan fingerprint density at radius 2 is 1.29 bits per heavy atom. The van der Waals surface area contributed by atoms with E-state index in [4.69, 9.17) is 0 Å². The first kappa shape index (κ1) is 17.3. The average molecular weight is 363 g/mol. The maximum atomic E-state index is 2.35. The molecule has 0 N–H and O–H groups in total. The highest BCUT2D eigenvalue weighted by Crippen LogP contribution is 2.33. The lowest BCUT2D eigenvalue weighted by molar-refractivity contribution is 0.690. The van der Waals surface area contributed by atoms with Crippen LogP contribution in [-0.4, -0.2) is 0 Å². The fourth-order valence-corrected chi connectivity index (χ4v) is 4.71. The van der Waals surface area contributed by atoms with Gasteiger partial charge in [0.2, 0.25) is 0 Å². The zero-order valence-corrected chi connectivity index (χ0v) is 16.3. The minimum Gasteiger partial charge on any atom is -0.0801 e. The molecule has 0 nitrogen and oxygen atoms in total. The van der Waals surface area contributed by atoms with Crippen LogP contribution >= 0.6 is 0 Å². The molecule has 28 heavy (non-hydrogen) atoms. The van der Waals surface area contributed by atoms with Gasteiger partial charge in [0.25, 0.3) is 0 Å². The van der Waals surface area contributed by atoms with Crippen LogP contribution in [0.15, 0.2) is 96.1 Å². The van der Waals surface area contributed by atoms with Gasteiger partial charge in [-0.2, -0.15) is 0 Å². The van der Waals surface area contributed by atoms with Gasteiger partial charge in [-0.05, 0) is 82.3 Å². The van der Waals surface area contributed by atoms with E-state index in [2.05, 4.69) is 85.0 Å². The quantitative estimate of drug-likeness (QED) is 0.390. The lowest BCUT2D eigenvalue weighted by atomic mass is 9.86. The standard InChI is InChI=1S/C18H16.C10H10/c1-3-7-15-13(5-1)9-11-18-16-8-4-2-6-14(16)10-12-17(15)18;1-2-6-9(5-1)10-7-3-4-8-10/h1,3,5,7,9-12H,2,4,6,8H2;1-5,7H,6,8H2. The molecule has 0 heteroatoms. The molecule has 0 spiro atoms. The second kappa shape index (κ2) is 7.64. The van der Waals surface area contributed by atoms with E-state index in [1.54, 1.807) is 11.1 Å². The SMILES string of the molecule is C1=CCC(C2=CC=CC2)=C1.c1ccc2c(c1)ccc1c3c(ccc12)CCCC3. The molecule has 3 aliphatic carbocycles. The summed E-state index contributed by atoms with van der Waals surface area (Å²) in [4.78, 5) is 0. The first-order valence-corrected chi connectivity index (χ1v) is 10.5. The molecule has 0 bridgehead atoms. The summed E-state index contributed by atoms with van der Waals surface area (Å²) in [6.45, 7) is 0. The third-order valence-electron chi connectivity index (χ3n) is 6.21. The van der Waals surface area contributed by atoms with Gasteiger partial charge in [-0.15, -0.1) is 0 Å². The van der Waals surface area contributed by atoms with Crippen molar-refractivity contribution in [3.05, 3.63) is 107 Å². The molecule has 0 heterocycles. The highest BCUT2D eigenvalue weighted by molar-refractivity contribution is 6.08. The summed E-state index contributed by atoms with van der Waals surface area (Å²) in [5.74, 6) is 0. The second-order valence-electron chi connectivity index (χ2n) is 7.94. The first-order valence-electron chi connectivity index (χ1n) is 10.5. The zero-order chi connectivity index (χ0) is 18.8. The van der Waals surface area contributed by atoms with Gasteiger partial charge in [-0.25, -0.2) is 0 Å². The van der Waals surface area contributed by atoms with Gasteiger partial charge in [0.05, 0.1) is 0 Å². The number of hydrogen-bond donors (Lipinski definition) is 0. The van der Waals surface area contributed by atoms with Crippen molar-refractivity contribution in [1.29, 1.82) is 0 Å². The summed E-state index contributed by atoms with van der Waals surface area (Å²) in [6, 6.07) is 18.0. The minimum atomic E-state index is 1.13. The van der Waals surface area contributed by atoms with Crippen molar-refractivity contribution in [1.82, 2.24) is 0 Å². The Morgan fingerprint density at radius 3 is 2.04 bits per heavy atom. The lowest BCUT2D eigenvalue weighted by Gasteiger charge is -2.18. The van der Waals surface area contributed by atoms with Crippen LogP contribution < -0.4 is 0 Å². The molecule has 0 saturated carbocycles. The van der Waals surface area contributed by atoms with Crippen LogP contribution in [0.5, 0.6) is 0 Å². The predicted molar refractivity (Wildman–Crippen MR) is 122 cm³/mol. The maximum absolute atomic E-state index is 2.35. The molecular weight excluding hydrogens is 336 g/mol. The van der Waals surface area contributed by atoms with Gasteiger partial charge < -0.3 is 0 Å². The van der Waals surface area contributed by atoms with E-state index >= 15 is 0 Å². The van der Waals surface area contributed by atoms with Gasteiger partial charge in [-0.1, -0.05) is 85.0 Å². The fraction of sp³-hybridized carbons (Fsp3) is 0.214. The molecular formula is C28H26. The molecule has 0 unspecified atom stereocenters. The highest BCUT2D eigenvalue weighted by Gasteiger charge is 2.13. The van der Waals surface area contributed by atoms with Crippen molar-refractivity contribution in [3.63, 3.8) is 0 Å². The van der Waals surface area contributed by atoms with Gasteiger partial charge >= 0.3 is 0 Å². The lowest BCUT2D eigenvalue weighted by Crippen LogP contribution is -2.02. The smallest absolute Gasteiger partial charge is 0.00915 e. The van der Waals surface area contributed by atoms with Crippen LogP contribution in [0.4, 0.5) is 0 Å². The van der Waals surface area contributed by atoms with Crippen molar-refractivity contribution in [2.75, 3.05) is 0 Å². The van der Waals surface area contributed by atoms with Crippen molar-refractivity contribution in [2.45, 2.75) is 38.5 Å². The minimum absolute atomic E-state index is 1.13. The maximum Gasteiger partial charge on any atom is -0.00915 e. The molecule has 3 aromatic carbocycles. The molecule has 3 aromatic rings. The third-order valence-corrected chi connectivity index (χ3v) is 6.21. The van der Waals surface area contributed by atoms with E-state index in [-0.39, 0.29) is 0 Å². The molecule has 0 aliphatic heterocycles. The molecule has 6 rings (SSSR count). The summed E-state index contributed by atoms with van der Waals surface area (Å²) < 4.78 is 0. The molecule has 0 aromatic heterocycles. The van der Waals surface area contributed by atoms with E-state index in [0.717, 1.165) is 12.8 Å². The van der Waals surface area contributed by atoms with E-state index in [0.29, 0.717) is 0 Å². The Bertz CT molecular complexity index is 1120. The van der Waals surface area contributed by atoms with Crippen LogP contribution in [-0.2, 0) is 12.8 Å². The van der Waals surface area contributed by atoms with Crippen LogP contribution in [0, 0.1) is 0 Å². The molecule has 0 atom stereocenters. The summed E-state index contributed by atoms with van der Waals surface area (Å²) in [7, 11) is 0. The Labute approximate surface area is 167 Å². The van der Waals surface area contributed by atoms with Crippen LogP contribution in [0.25, 0.3) is 21.5 Å². The number of fused-ring (bicyclic) bond motifs is 5. The summed E-state index contributed by atoms with van der Waals surface area (Å²) in [5.41, 5.74) is 6.16. The topological polar surface area (TPSA) is 0 Å². The summed E-state index contributed by atoms with van der Waals surface area (Å²) in [5, 5.41) is 5.64. The molecule has 0 fully saturated rings. The van der Waals surface area contributed by atoms with Crippen molar-refractivity contribution in [2.24, 2.45) is 0 Å². The van der Waals surface area contributed by atoms with Crippen molar-refractivity contribution < 1.29 is 0 Å². The van der Waals surface area contributed by atoms with Gasteiger partial charge in [0, 0.05) is 0 Å². The number of aryl methyl sites for hydroxylation is 2. The van der Waals surface area contributed by atoms with E-state index in [1.807, 2.05) is 0 Å². The molecule has 138 valence electrons. The monoisotopic (exact) mass is 362 g/mol. The third kappa shape index (κ3) is 3.24. The fourth-order valence-electron chi connectivity index (χ4n) is 4.71. The largest absolute Gasteiger partial charge is 0.0801 e. The van der Waals surface area contributed by atoms with E-state index in [9.17, 15) is 0 Å². The number of hydrogen-bond acceptors (Lipinski definition) is 0. The summed E-state index contributed by atoms with van der Waals surface area (Å²) in [6.07, 6.45) is 20.6. The van der Waals surface area contributed by atoms with Gasteiger partial charge in [0.15, 0.2) is 0 Å². The first-order chi connectivity index (χ1) is 13.9. The van der Waals surface area contributed by atoms with E-state index in [1.165, 1.54) is 58.4 Å².